The molecule has 0 amide bonds. The van der Waals surface area contributed by atoms with Crippen LogP contribution in [0.25, 0.3) is 0 Å². The lowest BCUT2D eigenvalue weighted by molar-refractivity contribution is 0.625. The molecule has 0 fully saturated rings. The van der Waals surface area contributed by atoms with Crippen LogP contribution in [-0.4, -0.2) is 13.6 Å². The van der Waals surface area contributed by atoms with Gasteiger partial charge in [0.25, 0.3) is 0 Å². The highest BCUT2D eigenvalue weighted by Crippen LogP contribution is 2.24. The molecular formula is C18H23FN2. The van der Waals surface area contributed by atoms with Crippen molar-refractivity contribution in [1.82, 2.24) is 0 Å². The van der Waals surface area contributed by atoms with E-state index >= 15 is 0 Å². The van der Waals surface area contributed by atoms with Crippen molar-refractivity contribution >= 4 is 5.69 Å². The average molecular weight is 286 g/mol. The Labute approximate surface area is 126 Å². The summed E-state index contributed by atoms with van der Waals surface area (Å²) in [5.74, 6) is -0.226. The molecule has 1 atom stereocenters. The van der Waals surface area contributed by atoms with Gasteiger partial charge in [0.1, 0.15) is 5.82 Å². The number of aryl methyl sites for hydroxylation is 3. The number of rotatable bonds is 4. The average Bonchev–Trinajstić information content (AvgIpc) is 2.37. The number of hydrogen-bond acceptors (Lipinski definition) is 2. The third-order valence-corrected chi connectivity index (χ3v) is 3.83. The van der Waals surface area contributed by atoms with Crippen LogP contribution < -0.4 is 10.6 Å². The molecule has 2 N–H and O–H groups in total. The van der Waals surface area contributed by atoms with E-state index in [0.717, 1.165) is 5.69 Å². The fourth-order valence-electron chi connectivity index (χ4n) is 2.98. The van der Waals surface area contributed by atoms with E-state index < -0.39 is 0 Å². The van der Waals surface area contributed by atoms with Crippen LogP contribution in [0.2, 0.25) is 0 Å². The van der Waals surface area contributed by atoms with Gasteiger partial charge in [-0.25, -0.2) is 4.39 Å². The minimum Gasteiger partial charge on any atom is -0.373 e. The van der Waals surface area contributed by atoms with Gasteiger partial charge in [-0.1, -0.05) is 23.8 Å². The molecule has 0 saturated heterocycles. The number of likely N-dealkylation sites (N-methyl/N-ethyl adjacent to an activating group) is 1. The van der Waals surface area contributed by atoms with E-state index in [4.69, 9.17) is 5.73 Å². The van der Waals surface area contributed by atoms with Crippen LogP contribution in [-0.2, 0) is 0 Å². The topological polar surface area (TPSA) is 29.3 Å². The Bertz CT molecular complexity index is 614. The zero-order chi connectivity index (χ0) is 15.6. The molecule has 2 aromatic rings. The molecule has 0 heterocycles. The van der Waals surface area contributed by atoms with Gasteiger partial charge in [-0.2, -0.15) is 0 Å². The van der Waals surface area contributed by atoms with Crippen LogP contribution in [0.15, 0.2) is 36.4 Å². The molecule has 112 valence electrons. The van der Waals surface area contributed by atoms with Crippen LogP contribution in [0, 0.1) is 26.6 Å². The summed E-state index contributed by atoms with van der Waals surface area (Å²) in [7, 11) is 1.94. The molecule has 2 rings (SSSR count). The van der Waals surface area contributed by atoms with E-state index in [-0.39, 0.29) is 11.9 Å². The standard InChI is InChI=1S/C18H23FN2/c1-12-8-13(2)18(14(3)9-12)17(20)11-21(4)16-7-5-6-15(19)10-16/h5-10,17H,11,20H2,1-4H3. The minimum atomic E-state index is -0.226. The zero-order valence-corrected chi connectivity index (χ0v) is 13.2. The highest BCUT2D eigenvalue weighted by Gasteiger charge is 2.15. The van der Waals surface area contributed by atoms with Crippen molar-refractivity contribution in [2.45, 2.75) is 26.8 Å². The maximum atomic E-state index is 13.3. The van der Waals surface area contributed by atoms with Crippen molar-refractivity contribution in [1.29, 1.82) is 0 Å². The van der Waals surface area contributed by atoms with Crippen LogP contribution >= 0.6 is 0 Å². The van der Waals surface area contributed by atoms with Gasteiger partial charge < -0.3 is 10.6 Å². The molecule has 0 spiro atoms. The molecular weight excluding hydrogens is 263 g/mol. The van der Waals surface area contributed by atoms with Crippen molar-refractivity contribution in [3.05, 3.63) is 64.5 Å². The van der Waals surface area contributed by atoms with Gasteiger partial charge in [0.2, 0.25) is 0 Å². The molecule has 2 aromatic carbocycles. The molecule has 0 radical (unpaired) electrons. The van der Waals surface area contributed by atoms with Crippen molar-refractivity contribution in [3.63, 3.8) is 0 Å². The first kappa shape index (κ1) is 15.5. The van der Waals surface area contributed by atoms with Gasteiger partial charge in [0.15, 0.2) is 0 Å². The van der Waals surface area contributed by atoms with Crippen LogP contribution in [0.1, 0.15) is 28.3 Å². The van der Waals surface area contributed by atoms with Gasteiger partial charge in [-0.05, 0) is 55.7 Å². The summed E-state index contributed by atoms with van der Waals surface area (Å²) >= 11 is 0. The number of hydrogen-bond donors (Lipinski definition) is 1. The fraction of sp³-hybridized carbons (Fsp3) is 0.333. The van der Waals surface area contributed by atoms with E-state index in [9.17, 15) is 4.39 Å². The van der Waals surface area contributed by atoms with Gasteiger partial charge in [-0.15, -0.1) is 0 Å². The Morgan fingerprint density at radius 2 is 1.71 bits per heavy atom. The van der Waals surface area contributed by atoms with Gasteiger partial charge in [-0.3, -0.25) is 0 Å². The fourth-order valence-corrected chi connectivity index (χ4v) is 2.98. The second-order valence-corrected chi connectivity index (χ2v) is 5.78. The molecule has 0 bridgehead atoms. The maximum absolute atomic E-state index is 13.3. The third kappa shape index (κ3) is 3.61. The molecule has 0 saturated carbocycles. The third-order valence-electron chi connectivity index (χ3n) is 3.83. The number of nitrogens with two attached hydrogens (primary N) is 1. The summed E-state index contributed by atoms with van der Waals surface area (Å²) in [5.41, 5.74) is 12.1. The second-order valence-electron chi connectivity index (χ2n) is 5.78. The number of benzene rings is 2. The molecule has 1 unspecified atom stereocenters. The normalized spacial score (nSPS) is 12.3. The summed E-state index contributed by atoms with van der Waals surface area (Å²) in [6.07, 6.45) is 0. The Hall–Kier alpha value is -1.87. The second kappa shape index (κ2) is 6.27. The van der Waals surface area contributed by atoms with E-state index in [2.05, 4.69) is 32.9 Å². The van der Waals surface area contributed by atoms with E-state index in [1.165, 1.54) is 34.4 Å². The molecule has 0 aromatic heterocycles. The predicted molar refractivity (Wildman–Crippen MR) is 87.3 cm³/mol. The lowest BCUT2D eigenvalue weighted by atomic mass is 9.94. The van der Waals surface area contributed by atoms with E-state index in [1.807, 2.05) is 18.0 Å². The smallest absolute Gasteiger partial charge is 0.125 e. The Kier molecular flexibility index (Phi) is 4.63. The summed E-state index contributed by atoms with van der Waals surface area (Å²) in [6, 6.07) is 10.8. The first-order valence-corrected chi connectivity index (χ1v) is 7.18. The maximum Gasteiger partial charge on any atom is 0.125 e. The largest absolute Gasteiger partial charge is 0.373 e. The highest BCUT2D eigenvalue weighted by molar-refractivity contribution is 5.47. The summed E-state index contributed by atoms with van der Waals surface area (Å²) in [6.45, 7) is 6.93. The Balaban J connectivity index is 2.20. The summed E-state index contributed by atoms with van der Waals surface area (Å²) < 4.78 is 13.3. The minimum absolute atomic E-state index is 0.0983. The molecule has 21 heavy (non-hydrogen) atoms. The van der Waals surface area contributed by atoms with Crippen LogP contribution in [0.4, 0.5) is 10.1 Å². The lowest BCUT2D eigenvalue weighted by Gasteiger charge is -2.26. The number of halogens is 1. The first-order valence-electron chi connectivity index (χ1n) is 7.18. The molecule has 0 aliphatic heterocycles. The van der Waals surface area contributed by atoms with Gasteiger partial charge >= 0.3 is 0 Å². The highest BCUT2D eigenvalue weighted by atomic mass is 19.1. The van der Waals surface area contributed by atoms with E-state index in [1.54, 1.807) is 6.07 Å². The monoisotopic (exact) mass is 286 g/mol. The summed E-state index contributed by atoms with van der Waals surface area (Å²) in [5, 5.41) is 0. The first-order chi connectivity index (χ1) is 9.88. The molecule has 0 aliphatic carbocycles. The van der Waals surface area contributed by atoms with Crippen LogP contribution in [0.5, 0.6) is 0 Å². The van der Waals surface area contributed by atoms with Crippen molar-refractivity contribution in [3.8, 4) is 0 Å². The zero-order valence-electron chi connectivity index (χ0n) is 13.2. The van der Waals surface area contributed by atoms with Crippen molar-refractivity contribution < 1.29 is 4.39 Å². The number of nitrogens with zero attached hydrogens (tertiary/aromatic N) is 1. The number of anilines is 1. The lowest BCUT2D eigenvalue weighted by Crippen LogP contribution is -2.30. The van der Waals surface area contributed by atoms with Gasteiger partial charge in [0, 0.05) is 25.3 Å². The summed E-state index contributed by atoms with van der Waals surface area (Å²) in [4.78, 5) is 1.99. The van der Waals surface area contributed by atoms with Gasteiger partial charge in [0.05, 0.1) is 0 Å². The van der Waals surface area contributed by atoms with Crippen LogP contribution in [0.3, 0.4) is 0 Å². The molecule has 3 heteroatoms. The predicted octanol–water partition coefficient (Wildman–Crippen LogP) is 3.89. The Morgan fingerprint density at radius 1 is 1.10 bits per heavy atom. The Morgan fingerprint density at radius 3 is 2.29 bits per heavy atom. The van der Waals surface area contributed by atoms with Crippen molar-refractivity contribution in [2.24, 2.45) is 5.73 Å². The molecule has 2 nitrogen and oxygen atoms in total. The molecule has 0 aliphatic rings. The SMILES string of the molecule is Cc1cc(C)c(C(N)CN(C)c2cccc(F)c2)c(C)c1. The van der Waals surface area contributed by atoms with Crippen molar-refractivity contribution in [2.75, 3.05) is 18.5 Å². The van der Waals surface area contributed by atoms with E-state index in [0.29, 0.717) is 6.54 Å². The quantitative estimate of drug-likeness (QED) is 0.924.